The number of hydrogen-bond acceptors (Lipinski definition) is 4. The molecule has 0 unspecified atom stereocenters. The molecule has 0 spiro atoms. The topological polar surface area (TPSA) is 47.9 Å². The lowest BCUT2D eigenvalue weighted by Crippen LogP contribution is -2.34. The van der Waals surface area contributed by atoms with Crippen molar-refractivity contribution in [1.29, 1.82) is 0 Å². The first-order valence-electron chi connectivity index (χ1n) is 5.04. The van der Waals surface area contributed by atoms with E-state index < -0.39 is 12.1 Å². The fourth-order valence-corrected chi connectivity index (χ4v) is 1.72. The molecule has 0 aliphatic heterocycles. The van der Waals surface area contributed by atoms with Crippen molar-refractivity contribution >= 4 is 0 Å². The lowest BCUT2D eigenvalue weighted by Gasteiger charge is -2.31. The summed E-state index contributed by atoms with van der Waals surface area (Å²) in [5.74, 6) is -1.27. The minimum atomic E-state index is -1.27. The van der Waals surface area contributed by atoms with Gasteiger partial charge in [-0.15, -0.1) is 0 Å². The molecule has 0 radical (unpaired) electrons. The Hall–Kier alpha value is -0.940. The largest absolute Gasteiger partial charge is 0.389 e. The van der Waals surface area contributed by atoms with Crippen LogP contribution in [0.1, 0.15) is 24.2 Å². The van der Waals surface area contributed by atoms with Crippen LogP contribution in [0.25, 0.3) is 0 Å². The van der Waals surface area contributed by atoms with Crippen molar-refractivity contribution in [3.8, 4) is 0 Å². The van der Waals surface area contributed by atoms with Gasteiger partial charge in [-0.05, 0) is 12.5 Å². The second-order valence-corrected chi connectivity index (χ2v) is 3.43. The summed E-state index contributed by atoms with van der Waals surface area (Å²) in [6.45, 7) is 1.69. The number of benzene rings is 1. The second kappa shape index (κ2) is 5.41. The predicted octanol–water partition coefficient (Wildman–Crippen LogP) is 1.79. The van der Waals surface area contributed by atoms with Crippen LogP contribution in [0, 0.1) is 0 Å². The molecule has 1 rings (SSSR count). The van der Waals surface area contributed by atoms with Gasteiger partial charge in [0.1, 0.15) is 0 Å². The van der Waals surface area contributed by atoms with E-state index in [0.29, 0.717) is 11.1 Å². The molecule has 1 aromatic carbocycles. The van der Waals surface area contributed by atoms with Gasteiger partial charge in [0.15, 0.2) is 0 Å². The molecule has 0 aliphatic carbocycles. The van der Waals surface area contributed by atoms with Crippen LogP contribution < -0.4 is 0 Å². The number of hydrogen-bond donors (Lipinski definition) is 1. The summed E-state index contributed by atoms with van der Waals surface area (Å²) in [5.41, 5.74) is 1.38. The second-order valence-electron chi connectivity index (χ2n) is 3.43. The van der Waals surface area contributed by atoms with Gasteiger partial charge in [0.25, 0.3) is 0 Å². The van der Waals surface area contributed by atoms with Gasteiger partial charge in [0, 0.05) is 26.9 Å². The molecular weight excluding hydrogens is 208 g/mol. The molecule has 1 N–H and O–H groups in total. The molecule has 16 heavy (non-hydrogen) atoms. The summed E-state index contributed by atoms with van der Waals surface area (Å²) in [7, 11) is 4.48. The minimum absolute atomic E-state index is 0.615. The molecule has 90 valence electrons. The van der Waals surface area contributed by atoms with Crippen molar-refractivity contribution in [2.75, 3.05) is 21.3 Å². The molecule has 4 nitrogen and oxygen atoms in total. The van der Waals surface area contributed by atoms with Crippen molar-refractivity contribution in [2.45, 2.75) is 19.0 Å². The summed E-state index contributed by atoms with van der Waals surface area (Å²) >= 11 is 0. The molecule has 0 amide bonds. The third-order valence-electron chi connectivity index (χ3n) is 2.55. The van der Waals surface area contributed by atoms with Gasteiger partial charge < -0.3 is 19.3 Å². The van der Waals surface area contributed by atoms with E-state index in [2.05, 4.69) is 0 Å². The van der Waals surface area contributed by atoms with E-state index in [1.165, 1.54) is 21.3 Å². The first kappa shape index (κ1) is 13.1. The summed E-state index contributed by atoms with van der Waals surface area (Å²) in [5, 5.41) is 9.69. The molecule has 0 bridgehead atoms. The molecule has 4 heteroatoms. The van der Waals surface area contributed by atoms with Crippen LogP contribution in [0.3, 0.4) is 0 Å². The molecule has 1 atom stereocenters. The van der Waals surface area contributed by atoms with Crippen LogP contribution >= 0.6 is 0 Å². The molecule has 0 aromatic heterocycles. The Morgan fingerprint density at radius 1 is 1.06 bits per heavy atom. The van der Waals surface area contributed by atoms with E-state index in [9.17, 15) is 5.11 Å². The monoisotopic (exact) mass is 226 g/mol. The Morgan fingerprint density at radius 2 is 1.56 bits per heavy atom. The predicted molar refractivity (Wildman–Crippen MR) is 59.8 cm³/mol. The highest BCUT2D eigenvalue weighted by molar-refractivity contribution is 5.31. The lowest BCUT2D eigenvalue weighted by atomic mass is 10.0. The lowest BCUT2D eigenvalue weighted by molar-refractivity contribution is -0.365. The summed E-state index contributed by atoms with van der Waals surface area (Å²) in [6.07, 6.45) is -0.615. The van der Waals surface area contributed by atoms with Gasteiger partial charge in [-0.25, -0.2) is 0 Å². The van der Waals surface area contributed by atoms with Crippen molar-refractivity contribution < 1.29 is 19.3 Å². The summed E-state index contributed by atoms with van der Waals surface area (Å²) in [6, 6.07) is 7.30. The zero-order valence-electron chi connectivity index (χ0n) is 10.1. The van der Waals surface area contributed by atoms with E-state index >= 15 is 0 Å². The fraction of sp³-hybridized carbons (Fsp3) is 0.500. The normalized spacial score (nSPS) is 13.8. The highest BCUT2D eigenvalue weighted by atomic mass is 16.9. The van der Waals surface area contributed by atoms with Gasteiger partial charge >= 0.3 is 5.97 Å². The highest BCUT2D eigenvalue weighted by Gasteiger charge is 2.35. The standard InChI is InChI=1S/C12H18O4/c1-9(13)10-7-5-6-8-11(10)12(14-2,15-3)16-4/h5-9,13H,1-4H3/t9-/m1/s1. The van der Waals surface area contributed by atoms with Crippen molar-refractivity contribution in [3.63, 3.8) is 0 Å². The van der Waals surface area contributed by atoms with Crippen LogP contribution in [0.4, 0.5) is 0 Å². The Kier molecular flexibility index (Phi) is 4.44. The smallest absolute Gasteiger partial charge is 0.311 e. The molecular formula is C12H18O4. The van der Waals surface area contributed by atoms with E-state index in [1.807, 2.05) is 18.2 Å². The first-order valence-corrected chi connectivity index (χ1v) is 5.04. The Morgan fingerprint density at radius 3 is 2.00 bits per heavy atom. The Labute approximate surface area is 95.8 Å². The third-order valence-corrected chi connectivity index (χ3v) is 2.55. The number of ether oxygens (including phenoxy) is 3. The maximum absolute atomic E-state index is 9.69. The molecule has 1 aromatic rings. The highest BCUT2D eigenvalue weighted by Crippen LogP contribution is 2.32. The quantitative estimate of drug-likeness (QED) is 0.778. The zero-order chi connectivity index (χ0) is 12.2. The van der Waals surface area contributed by atoms with Gasteiger partial charge in [0.05, 0.1) is 6.10 Å². The molecule has 0 fully saturated rings. The van der Waals surface area contributed by atoms with Crippen LogP contribution in [-0.2, 0) is 20.2 Å². The molecule has 0 aliphatic rings. The van der Waals surface area contributed by atoms with Crippen LogP contribution in [0.5, 0.6) is 0 Å². The minimum Gasteiger partial charge on any atom is -0.389 e. The molecule has 0 heterocycles. The van der Waals surface area contributed by atoms with Crippen LogP contribution in [0.15, 0.2) is 24.3 Å². The number of aliphatic hydroxyl groups excluding tert-OH is 1. The average Bonchev–Trinajstić information content (AvgIpc) is 2.32. The zero-order valence-corrected chi connectivity index (χ0v) is 10.1. The van der Waals surface area contributed by atoms with Crippen molar-refractivity contribution in [1.82, 2.24) is 0 Å². The fourth-order valence-electron chi connectivity index (χ4n) is 1.72. The van der Waals surface area contributed by atoms with E-state index in [1.54, 1.807) is 13.0 Å². The van der Waals surface area contributed by atoms with Gasteiger partial charge in [-0.2, -0.15) is 0 Å². The molecule has 0 saturated heterocycles. The molecule has 0 saturated carbocycles. The van der Waals surface area contributed by atoms with E-state index in [4.69, 9.17) is 14.2 Å². The van der Waals surface area contributed by atoms with E-state index in [0.717, 1.165) is 0 Å². The SMILES string of the molecule is COC(OC)(OC)c1ccccc1[C@@H](C)O. The maximum atomic E-state index is 9.69. The first-order chi connectivity index (χ1) is 7.61. The average molecular weight is 226 g/mol. The van der Waals surface area contributed by atoms with Gasteiger partial charge in [0.2, 0.25) is 0 Å². The third kappa shape index (κ3) is 2.25. The van der Waals surface area contributed by atoms with Crippen molar-refractivity contribution in [2.24, 2.45) is 0 Å². The number of rotatable bonds is 5. The Bertz CT molecular complexity index is 323. The summed E-state index contributed by atoms with van der Waals surface area (Å²) < 4.78 is 15.8. The van der Waals surface area contributed by atoms with Gasteiger partial charge in [-0.1, -0.05) is 24.3 Å². The van der Waals surface area contributed by atoms with Crippen LogP contribution in [0.2, 0.25) is 0 Å². The van der Waals surface area contributed by atoms with Crippen LogP contribution in [-0.4, -0.2) is 26.4 Å². The van der Waals surface area contributed by atoms with Crippen molar-refractivity contribution in [3.05, 3.63) is 35.4 Å². The number of methoxy groups -OCH3 is 3. The Balaban J connectivity index is 3.29. The van der Waals surface area contributed by atoms with E-state index in [-0.39, 0.29) is 0 Å². The van der Waals surface area contributed by atoms with Gasteiger partial charge in [-0.3, -0.25) is 0 Å². The summed E-state index contributed by atoms with van der Waals surface area (Å²) in [4.78, 5) is 0. The number of aliphatic hydroxyl groups is 1. The maximum Gasteiger partial charge on any atom is 0.311 e.